The predicted octanol–water partition coefficient (Wildman–Crippen LogP) is 3.09. The van der Waals surface area contributed by atoms with Crippen LogP contribution in [0.1, 0.15) is 38.7 Å². The zero-order valence-electron chi connectivity index (χ0n) is 20.1. The van der Waals surface area contributed by atoms with Crippen molar-refractivity contribution >= 4 is 28.7 Å². The average molecular weight is 503 g/mol. The number of anilines is 2. The van der Waals surface area contributed by atoms with Gasteiger partial charge in [-0.25, -0.2) is 4.68 Å². The summed E-state index contributed by atoms with van der Waals surface area (Å²) in [4.78, 5) is 23.2. The minimum Gasteiger partial charge on any atom is -0.356 e. The molecule has 0 spiro atoms. The number of fused-ring (bicyclic) bond motifs is 1. The zero-order valence-corrected chi connectivity index (χ0v) is 20.1. The zero-order chi connectivity index (χ0) is 25.7. The van der Waals surface area contributed by atoms with E-state index >= 15 is 0 Å². The van der Waals surface area contributed by atoms with E-state index in [1.807, 2.05) is 13.8 Å². The van der Waals surface area contributed by atoms with Gasteiger partial charge in [-0.05, 0) is 50.8 Å². The molecule has 2 saturated heterocycles. The van der Waals surface area contributed by atoms with E-state index in [1.165, 1.54) is 10.7 Å². The second-order valence-electron chi connectivity index (χ2n) is 10.1. The van der Waals surface area contributed by atoms with Crippen LogP contribution in [-0.2, 0) is 11.0 Å². The van der Waals surface area contributed by atoms with Gasteiger partial charge in [-0.15, -0.1) is 0 Å². The molecule has 0 unspecified atom stereocenters. The van der Waals surface area contributed by atoms with Crippen LogP contribution < -0.4 is 21.3 Å². The molecule has 0 aliphatic carbocycles. The van der Waals surface area contributed by atoms with Crippen molar-refractivity contribution in [3.63, 3.8) is 0 Å². The third kappa shape index (κ3) is 4.81. The Balaban J connectivity index is 1.55. The van der Waals surface area contributed by atoms with E-state index in [2.05, 4.69) is 25.6 Å². The van der Waals surface area contributed by atoms with Crippen molar-refractivity contribution in [2.24, 2.45) is 11.7 Å². The number of aromatic nitrogens is 4. The monoisotopic (exact) mass is 502 g/mol. The lowest BCUT2D eigenvalue weighted by molar-refractivity contribution is -0.137. The number of rotatable bonds is 5. The van der Waals surface area contributed by atoms with Crippen molar-refractivity contribution in [1.29, 1.82) is 0 Å². The molecular formula is C24H29F3N8O. The summed E-state index contributed by atoms with van der Waals surface area (Å²) in [5.74, 6) is 1.27. The van der Waals surface area contributed by atoms with Crippen LogP contribution >= 0.6 is 0 Å². The van der Waals surface area contributed by atoms with E-state index in [9.17, 15) is 18.0 Å². The van der Waals surface area contributed by atoms with Gasteiger partial charge in [-0.1, -0.05) is 6.07 Å². The normalized spacial score (nSPS) is 19.7. The van der Waals surface area contributed by atoms with Crippen LogP contribution in [0.15, 0.2) is 30.5 Å². The molecule has 2 aromatic heterocycles. The van der Waals surface area contributed by atoms with Crippen molar-refractivity contribution in [3.8, 4) is 5.69 Å². The van der Waals surface area contributed by atoms with E-state index < -0.39 is 11.7 Å². The molecular weight excluding hydrogens is 473 g/mol. The van der Waals surface area contributed by atoms with Crippen LogP contribution in [-0.4, -0.2) is 56.9 Å². The first kappa shape index (κ1) is 24.3. The Labute approximate surface area is 206 Å². The number of nitrogens with two attached hydrogens (primary N) is 1. The van der Waals surface area contributed by atoms with Gasteiger partial charge in [-0.3, -0.25) is 4.79 Å². The Bertz CT molecular complexity index is 1270. The van der Waals surface area contributed by atoms with Crippen molar-refractivity contribution in [2.45, 2.75) is 50.9 Å². The summed E-state index contributed by atoms with van der Waals surface area (Å²) in [6, 6.07) is 4.80. The SMILES string of the molecule is CC(C)(N)C1CCN(c2nc(N[C@@H]3CNC(=O)C3)nc3c2cnn3-c2cccc(C(F)(F)F)c2)CC1. The fraction of sp³-hybridized carbons (Fsp3) is 0.500. The maximum Gasteiger partial charge on any atom is 0.416 e. The Morgan fingerprint density at radius 2 is 1.92 bits per heavy atom. The number of benzene rings is 1. The van der Waals surface area contributed by atoms with Crippen LogP contribution in [0.25, 0.3) is 16.7 Å². The molecule has 3 aromatic rings. The largest absolute Gasteiger partial charge is 0.416 e. The maximum absolute atomic E-state index is 13.4. The van der Waals surface area contributed by atoms with E-state index in [0.29, 0.717) is 41.7 Å². The van der Waals surface area contributed by atoms with Gasteiger partial charge in [0.15, 0.2) is 5.65 Å². The van der Waals surface area contributed by atoms with Crippen molar-refractivity contribution in [3.05, 3.63) is 36.0 Å². The van der Waals surface area contributed by atoms with Gasteiger partial charge in [0.25, 0.3) is 0 Å². The maximum atomic E-state index is 13.4. The highest BCUT2D eigenvalue weighted by Gasteiger charge is 2.33. The third-order valence-corrected chi connectivity index (χ3v) is 6.98. The van der Waals surface area contributed by atoms with Gasteiger partial charge in [0.05, 0.1) is 28.9 Å². The molecule has 0 saturated carbocycles. The van der Waals surface area contributed by atoms with Crippen LogP contribution in [0.5, 0.6) is 0 Å². The third-order valence-electron chi connectivity index (χ3n) is 6.98. The molecule has 4 N–H and O–H groups in total. The number of hydrogen-bond acceptors (Lipinski definition) is 7. The Morgan fingerprint density at radius 1 is 1.17 bits per heavy atom. The molecule has 192 valence electrons. The van der Waals surface area contributed by atoms with Gasteiger partial charge in [0, 0.05) is 31.6 Å². The Hall–Kier alpha value is -3.41. The Kier molecular flexibility index (Phi) is 6.01. The van der Waals surface area contributed by atoms with E-state index in [0.717, 1.165) is 38.1 Å². The highest BCUT2D eigenvalue weighted by atomic mass is 19.4. The lowest BCUT2D eigenvalue weighted by Gasteiger charge is -2.39. The molecule has 2 aliphatic rings. The molecule has 0 radical (unpaired) electrons. The summed E-state index contributed by atoms with van der Waals surface area (Å²) in [6.07, 6.45) is -0.814. The number of carbonyl (C=O) groups excluding carboxylic acids is 1. The minimum atomic E-state index is -4.48. The number of piperidine rings is 1. The quantitative estimate of drug-likeness (QED) is 0.491. The molecule has 4 heterocycles. The molecule has 1 amide bonds. The highest BCUT2D eigenvalue weighted by molar-refractivity contribution is 5.89. The number of halogens is 3. The fourth-order valence-corrected chi connectivity index (χ4v) is 4.93. The number of nitrogens with one attached hydrogen (secondary N) is 2. The highest BCUT2D eigenvalue weighted by Crippen LogP contribution is 2.34. The standard InChI is InChI=1S/C24H29F3N8O/c1-23(2,28)14-6-8-34(9-7-14)20-18-13-30-35(17-5-3-4-15(10-17)24(25,26)27)21(18)33-22(32-20)31-16-11-19(36)29-12-16/h3-5,10,13-14,16H,6-9,11-12,28H2,1-2H3,(H,29,36)(H,31,32,33)/t16-/m0/s1. The predicted molar refractivity (Wildman–Crippen MR) is 130 cm³/mol. The van der Waals surface area contributed by atoms with Crippen molar-refractivity contribution in [2.75, 3.05) is 29.9 Å². The fourth-order valence-electron chi connectivity index (χ4n) is 4.93. The second-order valence-corrected chi connectivity index (χ2v) is 10.1. The molecule has 36 heavy (non-hydrogen) atoms. The summed E-state index contributed by atoms with van der Waals surface area (Å²) in [6.45, 7) is 5.98. The average Bonchev–Trinajstić information content (AvgIpc) is 3.43. The van der Waals surface area contributed by atoms with Crippen LogP contribution in [0.3, 0.4) is 0 Å². The van der Waals surface area contributed by atoms with E-state index in [1.54, 1.807) is 12.3 Å². The minimum absolute atomic E-state index is 0.0609. The van der Waals surface area contributed by atoms with Gasteiger partial charge in [0.2, 0.25) is 11.9 Å². The summed E-state index contributed by atoms with van der Waals surface area (Å²) in [5.41, 5.74) is 5.93. The van der Waals surface area contributed by atoms with E-state index in [-0.39, 0.29) is 23.2 Å². The lowest BCUT2D eigenvalue weighted by Crippen LogP contribution is -2.47. The molecule has 9 nitrogen and oxygen atoms in total. The molecule has 12 heteroatoms. The van der Waals surface area contributed by atoms with Gasteiger partial charge in [-0.2, -0.15) is 28.2 Å². The summed E-state index contributed by atoms with van der Waals surface area (Å²) >= 11 is 0. The molecule has 1 atom stereocenters. The van der Waals surface area contributed by atoms with Gasteiger partial charge < -0.3 is 21.3 Å². The van der Waals surface area contributed by atoms with Crippen LogP contribution in [0, 0.1) is 5.92 Å². The first-order valence-electron chi connectivity index (χ1n) is 12.0. The summed E-state index contributed by atoms with van der Waals surface area (Å²) < 4.78 is 41.5. The number of alkyl halides is 3. The van der Waals surface area contributed by atoms with Crippen LogP contribution in [0.2, 0.25) is 0 Å². The molecule has 0 bridgehead atoms. The van der Waals surface area contributed by atoms with Crippen molar-refractivity contribution < 1.29 is 18.0 Å². The van der Waals surface area contributed by atoms with Crippen LogP contribution in [0.4, 0.5) is 24.9 Å². The smallest absolute Gasteiger partial charge is 0.356 e. The Morgan fingerprint density at radius 3 is 2.56 bits per heavy atom. The number of carbonyl (C=O) groups is 1. The van der Waals surface area contributed by atoms with Gasteiger partial charge in [0.1, 0.15) is 5.82 Å². The topological polar surface area (TPSA) is 114 Å². The second kappa shape index (κ2) is 8.91. The first-order chi connectivity index (χ1) is 17.0. The summed E-state index contributed by atoms with van der Waals surface area (Å²) in [5, 5.41) is 11.0. The lowest BCUT2D eigenvalue weighted by atomic mass is 9.81. The number of nitrogens with zero attached hydrogens (tertiary/aromatic N) is 5. The molecule has 2 aliphatic heterocycles. The molecule has 2 fully saturated rings. The summed E-state index contributed by atoms with van der Waals surface area (Å²) in [7, 11) is 0. The molecule has 5 rings (SSSR count). The molecule has 1 aromatic carbocycles. The number of amides is 1. The van der Waals surface area contributed by atoms with Gasteiger partial charge >= 0.3 is 6.18 Å². The number of hydrogen-bond donors (Lipinski definition) is 3. The van der Waals surface area contributed by atoms with E-state index in [4.69, 9.17) is 10.7 Å². The van der Waals surface area contributed by atoms with Crippen molar-refractivity contribution in [1.82, 2.24) is 25.1 Å². The first-order valence-corrected chi connectivity index (χ1v) is 12.0.